The number of rotatable bonds is 14. The SMILES string of the molecule is Cc1sc(NC(=O)CC23CCCC(OCCCCCNc4cccc5c4C(=O)N(C4CCC(=O)NC4=O)C5=O)(C2)C3)nc1-c1ccc2c(c1)CCN2C(=O)C1CC1. The van der Waals surface area contributed by atoms with Gasteiger partial charge in [0.05, 0.1) is 22.4 Å². The predicted octanol–water partition coefficient (Wildman–Crippen LogP) is 6.15. The zero-order valence-corrected chi connectivity index (χ0v) is 33.1. The second-order valence-corrected chi connectivity index (χ2v) is 18.1. The minimum atomic E-state index is -0.994. The monoisotopic (exact) mass is 792 g/mol. The third-order valence-electron chi connectivity index (χ3n) is 12.8. The van der Waals surface area contributed by atoms with Crippen molar-refractivity contribution >= 4 is 63.3 Å². The number of thiazole rings is 1. The molecule has 0 spiro atoms. The van der Waals surface area contributed by atoms with Gasteiger partial charge in [-0.2, -0.15) is 0 Å². The summed E-state index contributed by atoms with van der Waals surface area (Å²) >= 11 is 1.50. The maximum Gasteiger partial charge on any atom is 0.264 e. The van der Waals surface area contributed by atoms with Gasteiger partial charge in [0.1, 0.15) is 6.04 Å². The predicted molar refractivity (Wildman–Crippen MR) is 214 cm³/mol. The Balaban J connectivity index is 0.714. The molecule has 3 aliphatic heterocycles. The van der Waals surface area contributed by atoms with Gasteiger partial charge in [0, 0.05) is 60.3 Å². The molecule has 57 heavy (non-hydrogen) atoms. The van der Waals surface area contributed by atoms with Crippen LogP contribution in [0, 0.1) is 18.3 Å². The largest absolute Gasteiger partial charge is 0.384 e. The summed E-state index contributed by atoms with van der Waals surface area (Å²) in [5.74, 6) is -1.60. The molecule has 298 valence electrons. The molecule has 10 rings (SSSR count). The fourth-order valence-electron chi connectivity index (χ4n) is 9.97. The van der Waals surface area contributed by atoms with E-state index in [0.717, 1.165) is 104 Å². The lowest BCUT2D eigenvalue weighted by molar-refractivity contribution is -0.203. The van der Waals surface area contributed by atoms with Crippen molar-refractivity contribution in [1.29, 1.82) is 0 Å². The van der Waals surface area contributed by atoms with Crippen molar-refractivity contribution in [2.45, 2.75) is 108 Å². The van der Waals surface area contributed by atoms with Gasteiger partial charge in [0.15, 0.2) is 5.13 Å². The molecule has 0 radical (unpaired) electrons. The lowest BCUT2D eigenvalue weighted by Gasteiger charge is -2.60. The maximum atomic E-state index is 13.4. The van der Waals surface area contributed by atoms with Crippen LogP contribution in [0.5, 0.6) is 0 Å². The molecule has 4 aliphatic carbocycles. The molecule has 3 N–H and O–H groups in total. The number of nitrogens with one attached hydrogen (secondary N) is 3. The molecule has 6 amide bonds. The number of hydrogen-bond donors (Lipinski definition) is 3. The van der Waals surface area contributed by atoms with Crippen molar-refractivity contribution in [2.75, 3.05) is 35.2 Å². The van der Waals surface area contributed by atoms with Crippen LogP contribution in [0.1, 0.15) is 115 Å². The first-order valence-corrected chi connectivity index (χ1v) is 21.3. The first-order valence-electron chi connectivity index (χ1n) is 20.5. The number of unbranched alkanes of at least 4 members (excludes halogenated alkanes) is 2. The summed E-state index contributed by atoms with van der Waals surface area (Å²) in [4.78, 5) is 85.4. The first kappa shape index (κ1) is 37.6. The molecular weight excluding hydrogens is 745 g/mol. The highest BCUT2D eigenvalue weighted by Gasteiger charge is 2.58. The fraction of sp³-hybridized carbons (Fsp3) is 0.512. The van der Waals surface area contributed by atoms with E-state index in [4.69, 9.17) is 9.72 Å². The number of nitrogens with zero attached hydrogens (tertiary/aromatic N) is 3. The van der Waals surface area contributed by atoms with Crippen LogP contribution in [0.3, 0.4) is 0 Å². The quantitative estimate of drug-likeness (QED) is 0.128. The van der Waals surface area contributed by atoms with Crippen LogP contribution in [0.2, 0.25) is 0 Å². The molecule has 5 fully saturated rings. The number of imide groups is 2. The summed E-state index contributed by atoms with van der Waals surface area (Å²) in [5.41, 5.74) is 5.00. The van der Waals surface area contributed by atoms with Crippen LogP contribution in [0.4, 0.5) is 16.5 Å². The second-order valence-electron chi connectivity index (χ2n) is 16.9. The third kappa shape index (κ3) is 7.15. The Morgan fingerprint density at radius 2 is 1.84 bits per heavy atom. The highest BCUT2D eigenvalue weighted by Crippen LogP contribution is 2.62. The number of amides is 6. The van der Waals surface area contributed by atoms with Gasteiger partial charge in [0.2, 0.25) is 23.6 Å². The van der Waals surface area contributed by atoms with Crippen molar-refractivity contribution < 1.29 is 33.5 Å². The molecule has 1 aromatic heterocycles. The summed E-state index contributed by atoms with van der Waals surface area (Å²) in [6.45, 7) is 4.03. The topological polar surface area (TPSA) is 167 Å². The lowest BCUT2D eigenvalue weighted by atomic mass is 9.50. The van der Waals surface area contributed by atoms with Crippen LogP contribution in [0.25, 0.3) is 11.3 Å². The highest BCUT2D eigenvalue weighted by atomic mass is 32.1. The van der Waals surface area contributed by atoms with Crippen molar-refractivity contribution in [1.82, 2.24) is 15.2 Å². The molecule has 3 aromatic rings. The van der Waals surface area contributed by atoms with Gasteiger partial charge in [-0.3, -0.25) is 39.0 Å². The Kier molecular flexibility index (Phi) is 9.75. The molecule has 2 aromatic carbocycles. The zero-order valence-electron chi connectivity index (χ0n) is 32.2. The Labute approximate surface area is 335 Å². The van der Waals surface area contributed by atoms with Crippen molar-refractivity contribution in [3.8, 4) is 11.3 Å². The van der Waals surface area contributed by atoms with Gasteiger partial charge in [0.25, 0.3) is 11.8 Å². The smallest absolute Gasteiger partial charge is 0.264 e. The van der Waals surface area contributed by atoms with Gasteiger partial charge < -0.3 is 20.3 Å². The summed E-state index contributed by atoms with van der Waals surface area (Å²) in [7, 11) is 0. The summed E-state index contributed by atoms with van der Waals surface area (Å²) in [6.07, 6.45) is 11.0. The van der Waals surface area contributed by atoms with E-state index in [1.165, 1.54) is 16.9 Å². The van der Waals surface area contributed by atoms with E-state index in [1.807, 2.05) is 24.0 Å². The second kappa shape index (κ2) is 14.8. The lowest BCUT2D eigenvalue weighted by Crippen LogP contribution is -2.58. The molecule has 14 heteroatoms. The normalized spacial score (nSPS) is 24.9. The Hall–Kier alpha value is -4.95. The molecule has 2 bridgehead atoms. The number of aromatic nitrogens is 1. The van der Waals surface area contributed by atoms with E-state index in [-0.39, 0.29) is 52.7 Å². The molecule has 1 saturated heterocycles. The van der Waals surface area contributed by atoms with E-state index >= 15 is 0 Å². The third-order valence-corrected chi connectivity index (χ3v) is 13.7. The highest BCUT2D eigenvalue weighted by molar-refractivity contribution is 7.16. The van der Waals surface area contributed by atoms with E-state index < -0.39 is 29.7 Å². The molecule has 1 atom stereocenters. The maximum absolute atomic E-state index is 13.4. The first-order chi connectivity index (χ1) is 27.5. The van der Waals surface area contributed by atoms with Gasteiger partial charge in [-0.25, -0.2) is 4.98 Å². The van der Waals surface area contributed by atoms with Gasteiger partial charge in [-0.05, 0) is 113 Å². The van der Waals surface area contributed by atoms with Crippen molar-refractivity contribution in [2.24, 2.45) is 11.3 Å². The molecule has 4 saturated carbocycles. The number of piperidine rings is 1. The van der Waals surface area contributed by atoms with Crippen molar-refractivity contribution in [3.63, 3.8) is 0 Å². The molecule has 7 aliphatic rings. The fourth-order valence-corrected chi connectivity index (χ4v) is 10.8. The molecular formula is C43H48N6O7S. The average Bonchev–Trinajstić information content (AvgIpc) is 3.77. The summed E-state index contributed by atoms with van der Waals surface area (Å²) < 4.78 is 6.51. The number of benzene rings is 2. The van der Waals surface area contributed by atoms with E-state index in [9.17, 15) is 28.8 Å². The molecule has 13 nitrogen and oxygen atoms in total. The van der Waals surface area contributed by atoms with E-state index in [1.54, 1.807) is 18.2 Å². The van der Waals surface area contributed by atoms with Crippen LogP contribution in [0.15, 0.2) is 36.4 Å². The number of anilines is 3. The van der Waals surface area contributed by atoms with Gasteiger partial charge in [-0.15, -0.1) is 11.3 Å². The van der Waals surface area contributed by atoms with Crippen LogP contribution in [-0.4, -0.2) is 76.7 Å². The van der Waals surface area contributed by atoms with Gasteiger partial charge >= 0.3 is 0 Å². The molecule has 1 unspecified atom stereocenters. The van der Waals surface area contributed by atoms with Gasteiger partial charge in [-0.1, -0.05) is 18.6 Å². The Bertz CT molecular complexity index is 2190. The van der Waals surface area contributed by atoms with E-state index in [2.05, 4.69) is 22.0 Å². The summed E-state index contributed by atoms with van der Waals surface area (Å²) in [6, 6.07) is 10.3. The standard InChI is InChI=1S/C43H48N6O7S/c1-25-36(28-11-12-31-27(21-28)15-19-48(31)38(53)26-9-10-26)47-41(57-25)46-34(51)22-42-16-6-17-43(23-42,24-42)56-20-4-2-3-18-44-30-8-5-7-29-35(30)40(55)49(39(29)54)32-13-14-33(50)45-37(32)52/h5,7-8,11-12,21,26,32,44H,2-4,6,9-10,13-20,22-24H2,1H3,(H,45,50,52)(H,46,47,51). The Morgan fingerprint density at radius 3 is 2.65 bits per heavy atom. The average molecular weight is 793 g/mol. The molecule has 4 heterocycles. The van der Waals surface area contributed by atoms with Crippen LogP contribution >= 0.6 is 11.3 Å². The number of aryl methyl sites for hydroxylation is 1. The number of fused-ring (bicyclic) bond motifs is 4. The Morgan fingerprint density at radius 1 is 1.00 bits per heavy atom. The van der Waals surface area contributed by atoms with Crippen molar-refractivity contribution in [3.05, 3.63) is 58.0 Å². The number of ether oxygens (including phenoxy) is 1. The number of carbonyl (C=O) groups is 6. The zero-order chi connectivity index (χ0) is 39.5. The minimum Gasteiger partial charge on any atom is -0.384 e. The van der Waals surface area contributed by atoms with Crippen LogP contribution < -0.4 is 20.9 Å². The number of carbonyl (C=O) groups excluding carboxylic acids is 6. The minimum absolute atomic E-state index is 0.000268. The summed E-state index contributed by atoms with van der Waals surface area (Å²) in [5, 5.41) is 9.27. The number of hydrogen-bond acceptors (Lipinski definition) is 10. The van der Waals surface area contributed by atoms with Crippen LogP contribution in [-0.2, 0) is 30.3 Å². The van der Waals surface area contributed by atoms with E-state index in [0.29, 0.717) is 30.4 Å².